The SMILES string of the molecule is COc1ccc2c(c1C1(C(=O)O)CC1)OCCO2. The summed E-state index contributed by atoms with van der Waals surface area (Å²) in [6, 6.07) is 3.50. The number of ether oxygens (including phenoxy) is 3. The summed E-state index contributed by atoms with van der Waals surface area (Å²) in [6.45, 7) is 0.918. The van der Waals surface area contributed by atoms with Crippen LogP contribution in [0.1, 0.15) is 18.4 Å². The van der Waals surface area contributed by atoms with Crippen molar-refractivity contribution in [3.8, 4) is 17.2 Å². The molecule has 3 rings (SSSR count). The molecule has 0 spiro atoms. The minimum Gasteiger partial charge on any atom is -0.496 e. The Morgan fingerprint density at radius 1 is 1.33 bits per heavy atom. The molecule has 0 unspecified atom stereocenters. The highest BCUT2D eigenvalue weighted by Crippen LogP contribution is 2.57. The van der Waals surface area contributed by atoms with Gasteiger partial charge in [0.2, 0.25) is 0 Å². The summed E-state index contributed by atoms with van der Waals surface area (Å²) in [6.07, 6.45) is 1.22. The minimum absolute atomic E-state index is 0.433. The molecule has 18 heavy (non-hydrogen) atoms. The summed E-state index contributed by atoms with van der Waals surface area (Å²) in [7, 11) is 1.53. The van der Waals surface area contributed by atoms with Gasteiger partial charge in [-0.1, -0.05) is 0 Å². The van der Waals surface area contributed by atoms with Crippen molar-refractivity contribution in [2.75, 3.05) is 20.3 Å². The first-order valence-electron chi connectivity index (χ1n) is 5.89. The smallest absolute Gasteiger partial charge is 0.314 e. The molecule has 0 saturated heterocycles. The largest absolute Gasteiger partial charge is 0.496 e. The van der Waals surface area contributed by atoms with Crippen LogP contribution < -0.4 is 14.2 Å². The Morgan fingerprint density at radius 2 is 2.06 bits per heavy atom. The molecule has 96 valence electrons. The van der Waals surface area contributed by atoms with Gasteiger partial charge < -0.3 is 19.3 Å². The van der Waals surface area contributed by atoms with Crippen molar-refractivity contribution in [3.05, 3.63) is 17.7 Å². The van der Waals surface area contributed by atoms with Crippen LogP contribution in [0.3, 0.4) is 0 Å². The standard InChI is InChI=1S/C13H14O5/c1-16-8-2-3-9-11(18-7-6-17-9)10(8)13(4-5-13)12(14)15/h2-3H,4-7H2,1H3,(H,14,15). The van der Waals surface area contributed by atoms with E-state index in [-0.39, 0.29) is 0 Å². The van der Waals surface area contributed by atoms with Gasteiger partial charge in [0.25, 0.3) is 0 Å². The fourth-order valence-electron chi connectivity index (χ4n) is 2.42. The lowest BCUT2D eigenvalue weighted by molar-refractivity contribution is -0.140. The number of methoxy groups -OCH3 is 1. The van der Waals surface area contributed by atoms with Crippen LogP contribution >= 0.6 is 0 Å². The predicted molar refractivity (Wildman–Crippen MR) is 62.5 cm³/mol. The lowest BCUT2D eigenvalue weighted by atomic mass is 9.93. The summed E-state index contributed by atoms with van der Waals surface area (Å²) in [4.78, 5) is 11.5. The molecule has 1 aromatic rings. The first-order valence-corrected chi connectivity index (χ1v) is 5.89. The predicted octanol–water partition coefficient (Wildman–Crippen LogP) is 1.58. The zero-order valence-electron chi connectivity index (χ0n) is 10.1. The Bertz CT molecular complexity index is 504. The van der Waals surface area contributed by atoms with Gasteiger partial charge in [-0.2, -0.15) is 0 Å². The molecule has 0 aromatic heterocycles. The van der Waals surface area contributed by atoms with Gasteiger partial charge in [0.05, 0.1) is 12.7 Å². The fourth-order valence-corrected chi connectivity index (χ4v) is 2.42. The molecule has 1 aliphatic heterocycles. The van der Waals surface area contributed by atoms with Crippen molar-refractivity contribution in [1.82, 2.24) is 0 Å². The molecule has 1 heterocycles. The molecule has 1 N–H and O–H groups in total. The van der Waals surface area contributed by atoms with Gasteiger partial charge in [0.15, 0.2) is 11.5 Å². The van der Waals surface area contributed by atoms with Crippen LogP contribution in [0.4, 0.5) is 0 Å². The molecule has 0 amide bonds. The molecule has 0 bridgehead atoms. The molecule has 5 heteroatoms. The van der Waals surface area contributed by atoms with Crippen molar-refractivity contribution in [2.45, 2.75) is 18.3 Å². The Balaban J connectivity index is 2.19. The maximum Gasteiger partial charge on any atom is 0.314 e. The molecule has 1 saturated carbocycles. The third kappa shape index (κ3) is 1.43. The van der Waals surface area contributed by atoms with E-state index in [2.05, 4.69) is 0 Å². The zero-order chi connectivity index (χ0) is 12.8. The number of fused-ring (bicyclic) bond motifs is 1. The van der Waals surface area contributed by atoms with Gasteiger partial charge in [-0.25, -0.2) is 0 Å². The zero-order valence-corrected chi connectivity index (χ0v) is 10.1. The maximum atomic E-state index is 11.5. The number of carbonyl (C=O) groups is 1. The minimum atomic E-state index is -0.864. The Morgan fingerprint density at radius 3 is 2.67 bits per heavy atom. The first-order chi connectivity index (χ1) is 8.69. The molecule has 1 fully saturated rings. The second-order valence-electron chi connectivity index (χ2n) is 4.55. The quantitative estimate of drug-likeness (QED) is 0.882. The van der Waals surface area contributed by atoms with Crippen LogP contribution in [0.25, 0.3) is 0 Å². The van der Waals surface area contributed by atoms with Gasteiger partial charge in [-0.15, -0.1) is 0 Å². The molecule has 0 radical (unpaired) electrons. The van der Waals surface area contributed by atoms with E-state index in [4.69, 9.17) is 14.2 Å². The summed E-state index contributed by atoms with van der Waals surface area (Å²) in [5.41, 5.74) is -0.244. The van der Waals surface area contributed by atoms with Gasteiger partial charge in [0, 0.05) is 0 Å². The molecular formula is C13H14O5. The van der Waals surface area contributed by atoms with E-state index < -0.39 is 11.4 Å². The van der Waals surface area contributed by atoms with Crippen molar-refractivity contribution in [3.63, 3.8) is 0 Å². The van der Waals surface area contributed by atoms with E-state index in [0.29, 0.717) is 48.9 Å². The van der Waals surface area contributed by atoms with E-state index in [0.717, 1.165) is 0 Å². The topological polar surface area (TPSA) is 65.0 Å². The van der Waals surface area contributed by atoms with Crippen LogP contribution in [0, 0.1) is 0 Å². The van der Waals surface area contributed by atoms with Crippen LogP contribution in [-0.4, -0.2) is 31.4 Å². The molecule has 0 atom stereocenters. The van der Waals surface area contributed by atoms with Crippen LogP contribution in [0.2, 0.25) is 0 Å². The van der Waals surface area contributed by atoms with Crippen molar-refractivity contribution < 1.29 is 24.1 Å². The highest BCUT2D eigenvalue weighted by atomic mass is 16.6. The second kappa shape index (κ2) is 3.80. The monoisotopic (exact) mass is 250 g/mol. The fraction of sp³-hybridized carbons (Fsp3) is 0.462. The third-order valence-corrected chi connectivity index (χ3v) is 3.53. The number of hydrogen-bond acceptors (Lipinski definition) is 4. The maximum absolute atomic E-state index is 11.5. The lowest BCUT2D eigenvalue weighted by Gasteiger charge is -2.25. The average Bonchev–Trinajstić information content (AvgIpc) is 3.18. The number of hydrogen-bond donors (Lipinski definition) is 1. The highest BCUT2D eigenvalue weighted by molar-refractivity contribution is 5.88. The average molecular weight is 250 g/mol. The molecular weight excluding hydrogens is 236 g/mol. The molecule has 2 aliphatic rings. The summed E-state index contributed by atoms with van der Waals surface area (Å²) >= 11 is 0. The summed E-state index contributed by atoms with van der Waals surface area (Å²) in [5, 5.41) is 9.43. The summed E-state index contributed by atoms with van der Waals surface area (Å²) < 4.78 is 16.4. The van der Waals surface area contributed by atoms with Gasteiger partial charge in [-0.3, -0.25) is 4.79 Å². The lowest BCUT2D eigenvalue weighted by Crippen LogP contribution is -2.24. The molecule has 1 aromatic carbocycles. The summed E-state index contributed by atoms with van der Waals surface area (Å²) in [5.74, 6) is 0.854. The third-order valence-electron chi connectivity index (χ3n) is 3.53. The highest BCUT2D eigenvalue weighted by Gasteiger charge is 2.55. The first kappa shape index (κ1) is 11.2. The van der Waals surface area contributed by atoms with Crippen LogP contribution in [0.5, 0.6) is 17.2 Å². The van der Waals surface area contributed by atoms with Crippen molar-refractivity contribution >= 4 is 5.97 Å². The number of carboxylic acid groups (broad SMARTS) is 1. The van der Waals surface area contributed by atoms with E-state index in [1.165, 1.54) is 7.11 Å². The van der Waals surface area contributed by atoms with Crippen molar-refractivity contribution in [2.24, 2.45) is 0 Å². The Kier molecular flexibility index (Phi) is 2.36. The second-order valence-corrected chi connectivity index (χ2v) is 4.55. The van der Waals surface area contributed by atoms with Gasteiger partial charge >= 0.3 is 5.97 Å². The van der Waals surface area contributed by atoms with E-state index in [1.807, 2.05) is 0 Å². The number of aliphatic carboxylic acids is 1. The number of carboxylic acids is 1. The normalized spacial score (nSPS) is 19.2. The Hall–Kier alpha value is -1.91. The molecule has 5 nitrogen and oxygen atoms in total. The number of rotatable bonds is 3. The number of benzene rings is 1. The van der Waals surface area contributed by atoms with Crippen LogP contribution in [0.15, 0.2) is 12.1 Å². The van der Waals surface area contributed by atoms with Crippen molar-refractivity contribution in [1.29, 1.82) is 0 Å². The van der Waals surface area contributed by atoms with Gasteiger partial charge in [-0.05, 0) is 25.0 Å². The van der Waals surface area contributed by atoms with Gasteiger partial charge in [0.1, 0.15) is 24.4 Å². The van der Waals surface area contributed by atoms with E-state index >= 15 is 0 Å². The molecule has 1 aliphatic carbocycles. The van der Waals surface area contributed by atoms with E-state index in [1.54, 1.807) is 12.1 Å². The Labute approximate surface area is 104 Å². The van der Waals surface area contributed by atoms with E-state index in [9.17, 15) is 9.90 Å². The van der Waals surface area contributed by atoms with Crippen LogP contribution in [-0.2, 0) is 10.2 Å².